The fourth-order valence-electron chi connectivity index (χ4n) is 1.94. The summed E-state index contributed by atoms with van der Waals surface area (Å²) < 4.78 is 3.18. The zero-order valence-electron chi connectivity index (χ0n) is 13.3. The van der Waals surface area contributed by atoms with Crippen LogP contribution in [0.3, 0.4) is 0 Å². The lowest BCUT2D eigenvalue weighted by Gasteiger charge is -2.05. The molecule has 1 amide bonds. The Morgan fingerprint density at radius 2 is 2.04 bits per heavy atom. The van der Waals surface area contributed by atoms with Crippen LogP contribution in [-0.4, -0.2) is 26.4 Å². The number of hydrogen-bond acceptors (Lipinski definition) is 6. The molecule has 0 saturated carbocycles. The molecule has 130 valence electrons. The van der Waals surface area contributed by atoms with Crippen molar-refractivity contribution in [2.45, 2.75) is 15.1 Å². The Bertz CT molecular complexity index is 834. The number of carbonyl (C=O) groups is 1. The van der Waals surface area contributed by atoms with Crippen LogP contribution in [0.25, 0.3) is 0 Å². The molecule has 0 bridgehead atoms. The summed E-state index contributed by atoms with van der Waals surface area (Å²) >= 11 is 10.6. The topological polar surface area (TPSA) is 59.8 Å². The number of aromatic nitrogens is 3. The molecule has 0 saturated heterocycles. The maximum atomic E-state index is 12.0. The van der Waals surface area contributed by atoms with Crippen molar-refractivity contribution in [2.75, 3.05) is 11.1 Å². The summed E-state index contributed by atoms with van der Waals surface area (Å²) in [7, 11) is 1.92. The van der Waals surface area contributed by atoms with E-state index in [0.29, 0.717) is 5.02 Å². The number of rotatable bonds is 7. The van der Waals surface area contributed by atoms with Crippen molar-refractivity contribution in [1.82, 2.24) is 14.8 Å². The smallest absolute Gasteiger partial charge is 0.234 e. The van der Waals surface area contributed by atoms with Crippen molar-refractivity contribution in [2.24, 2.45) is 7.05 Å². The molecule has 0 fully saturated rings. The molecular weight excluding hydrogens is 396 g/mol. The summed E-state index contributed by atoms with van der Waals surface area (Å²) in [4.78, 5) is 12.0. The minimum absolute atomic E-state index is 0.0927. The maximum Gasteiger partial charge on any atom is 0.234 e. The normalized spacial score (nSPS) is 10.8. The maximum absolute atomic E-state index is 12.0. The molecule has 25 heavy (non-hydrogen) atoms. The van der Waals surface area contributed by atoms with Crippen molar-refractivity contribution in [3.63, 3.8) is 0 Å². The van der Waals surface area contributed by atoms with Crippen LogP contribution in [0.15, 0.2) is 51.1 Å². The molecule has 3 aromatic rings. The predicted molar refractivity (Wildman–Crippen MR) is 106 cm³/mol. The SMILES string of the molecule is Cn1c(CSc2cccs2)nnc1SCC(=O)Nc1ccc(Cl)cc1. The van der Waals surface area contributed by atoms with Crippen LogP contribution >= 0.6 is 46.5 Å². The van der Waals surface area contributed by atoms with E-state index in [0.717, 1.165) is 22.4 Å². The Kier molecular flexibility index (Phi) is 6.41. The number of thioether (sulfide) groups is 2. The van der Waals surface area contributed by atoms with Crippen molar-refractivity contribution in [3.8, 4) is 0 Å². The number of halogens is 1. The van der Waals surface area contributed by atoms with Gasteiger partial charge in [0.05, 0.1) is 15.7 Å². The van der Waals surface area contributed by atoms with Crippen molar-refractivity contribution < 1.29 is 4.79 Å². The second-order valence-electron chi connectivity index (χ2n) is 5.02. The van der Waals surface area contributed by atoms with Gasteiger partial charge >= 0.3 is 0 Å². The van der Waals surface area contributed by atoms with E-state index in [9.17, 15) is 4.79 Å². The molecular formula is C16H15ClN4OS3. The molecule has 1 N–H and O–H groups in total. The third-order valence-electron chi connectivity index (χ3n) is 3.22. The molecule has 9 heteroatoms. The highest BCUT2D eigenvalue weighted by Gasteiger charge is 2.12. The quantitative estimate of drug-likeness (QED) is 0.579. The van der Waals surface area contributed by atoms with Gasteiger partial charge in [-0.05, 0) is 35.7 Å². The van der Waals surface area contributed by atoms with Crippen LogP contribution in [0.1, 0.15) is 5.82 Å². The molecule has 0 aliphatic rings. The zero-order chi connectivity index (χ0) is 17.6. The number of amides is 1. The van der Waals surface area contributed by atoms with E-state index < -0.39 is 0 Å². The van der Waals surface area contributed by atoms with Crippen LogP contribution in [0.4, 0.5) is 5.69 Å². The van der Waals surface area contributed by atoms with E-state index in [4.69, 9.17) is 11.6 Å². The summed E-state index contributed by atoms with van der Waals surface area (Å²) in [6, 6.07) is 11.1. The monoisotopic (exact) mass is 410 g/mol. The van der Waals surface area contributed by atoms with Gasteiger partial charge in [-0.25, -0.2) is 0 Å². The number of carbonyl (C=O) groups excluding carboxylic acids is 1. The van der Waals surface area contributed by atoms with E-state index in [2.05, 4.69) is 27.0 Å². The Labute approximate surface area is 163 Å². The summed E-state index contributed by atoms with van der Waals surface area (Å²) in [6.07, 6.45) is 0. The van der Waals surface area contributed by atoms with Gasteiger partial charge in [0.2, 0.25) is 5.91 Å². The van der Waals surface area contributed by atoms with Crippen molar-refractivity contribution in [3.05, 3.63) is 52.6 Å². The number of hydrogen-bond donors (Lipinski definition) is 1. The molecule has 3 rings (SSSR count). The van der Waals surface area contributed by atoms with Gasteiger partial charge in [-0.1, -0.05) is 29.4 Å². The van der Waals surface area contributed by atoms with Crippen LogP contribution < -0.4 is 5.32 Å². The second-order valence-corrected chi connectivity index (χ2v) is 8.62. The number of nitrogens with one attached hydrogen (secondary N) is 1. The Hall–Kier alpha value is -1.48. The molecule has 5 nitrogen and oxygen atoms in total. The number of benzene rings is 1. The van der Waals surface area contributed by atoms with Gasteiger partial charge in [0.25, 0.3) is 0 Å². The second kappa shape index (κ2) is 8.75. The summed E-state index contributed by atoms with van der Waals surface area (Å²) in [6.45, 7) is 0. The lowest BCUT2D eigenvalue weighted by Crippen LogP contribution is -2.14. The largest absolute Gasteiger partial charge is 0.325 e. The third-order valence-corrected chi connectivity index (χ3v) is 6.62. The minimum atomic E-state index is -0.0927. The molecule has 0 aliphatic heterocycles. The number of anilines is 1. The van der Waals surface area contributed by atoms with Crippen molar-refractivity contribution in [1.29, 1.82) is 0 Å². The van der Waals surface area contributed by atoms with E-state index in [1.165, 1.54) is 16.0 Å². The van der Waals surface area contributed by atoms with Gasteiger partial charge in [0.1, 0.15) is 5.82 Å². The van der Waals surface area contributed by atoms with Gasteiger partial charge in [-0.3, -0.25) is 4.79 Å². The zero-order valence-corrected chi connectivity index (χ0v) is 16.5. The van der Waals surface area contributed by atoms with E-state index in [1.54, 1.807) is 47.4 Å². The predicted octanol–water partition coefficient (Wildman–Crippen LogP) is 4.55. The van der Waals surface area contributed by atoms with Crippen molar-refractivity contribution >= 4 is 58.1 Å². The first kappa shape index (κ1) is 18.3. The highest BCUT2D eigenvalue weighted by atomic mass is 35.5. The molecule has 1 aromatic carbocycles. The minimum Gasteiger partial charge on any atom is -0.325 e. The summed E-state index contributed by atoms with van der Waals surface area (Å²) in [5.74, 6) is 1.82. The Morgan fingerprint density at radius 3 is 2.76 bits per heavy atom. The van der Waals surface area contributed by atoms with E-state index in [-0.39, 0.29) is 11.7 Å². The van der Waals surface area contributed by atoms with Gasteiger partial charge in [-0.2, -0.15) is 0 Å². The van der Waals surface area contributed by atoms with E-state index >= 15 is 0 Å². The molecule has 0 radical (unpaired) electrons. The standard InChI is InChI=1S/C16H15ClN4OS3/c1-21-13(9-24-15-3-2-8-23-15)19-20-16(21)25-10-14(22)18-12-6-4-11(17)5-7-12/h2-8H,9-10H2,1H3,(H,18,22). The summed E-state index contributed by atoms with van der Waals surface area (Å²) in [5, 5.41) is 14.6. The average molecular weight is 411 g/mol. The number of nitrogens with zero attached hydrogens (tertiary/aromatic N) is 3. The average Bonchev–Trinajstić information content (AvgIpc) is 3.23. The Morgan fingerprint density at radius 1 is 1.24 bits per heavy atom. The third kappa shape index (κ3) is 5.24. The van der Waals surface area contributed by atoms with Gasteiger partial charge in [-0.15, -0.1) is 33.3 Å². The molecule has 0 spiro atoms. The molecule has 0 atom stereocenters. The van der Waals surface area contributed by atoms with E-state index in [1.807, 2.05) is 17.7 Å². The van der Waals surface area contributed by atoms with Gasteiger partial charge in [0, 0.05) is 17.8 Å². The fraction of sp³-hybridized carbons (Fsp3) is 0.188. The first-order chi connectivity index (χ1) is 12.1. The fourth-order valence-corrected chi connectivity index (χ4v) is 4.56. The van der Waals surface area contributed by atoms with Gasteiger partial charge in [0.15, 0.2) is 5.16 Å². The number of thiophene rings is 1. The summed E-state index contributed by atoms with van der Waals surface area (Å²) in [5.41, 5.74) is 0.723. The van der Waals surface area contributed by atoms with Crippen LogP contribution in [-0.2, 0) is 17.6 Å². The van der Waals surface area contributed by atoms with Crippen LogP contribution in [0.2, 0.25) is 5.02 Å². The Balaban J connectivity index is 1.51. The molecule has 2 heterocycles. The lowest BCUT2D eigenvalue weighted by molar-refractivity contribution is -0.113. The highest BCUT2D eigenvalue weighted by molar-refractivity contribution is 8.00. The van der Waals surface area contributed by atoms with Crippen LogP contribution in [0, 0.1) is 0 Å². The first-order valence-corrected chi connectivity index (χ1v) is 10.6. The molecule has 2 aromatic heterocycles. The molecule has 0 aliphatic carbocycles. The molecule has 0 unspecified atom stereocenters. The first-order valence-electron chi connectivity index (χ1n) is 7.34. The van der Waals surface area contributed by atoms with Gasteiger partial charge < -0.3 is 9.88 Å². The lowest BCUT2D eigenvalue weighted by atomic mass is 10.3. The highest BCUT2D eigenvalue weighted by Crippen LogP contribution is 2.27. The van der Waals surface area contributed by atoms with Crippen LogP contribution in [0.5, 0.6) is 0 Å².